The van der Waals surface area contributed by atoms with Crippen molar-refractivity contribution in [1.29, 1.82) is 0 Å². The summed E-state index contributed by atoms with van der Waals surface area (Å²) in [7, 11) is 0. The summed E-state index contributed by atoms with van der Waals surface area (Å²) in [6.07, 6.45) is 2.17. The van der Waals surface area contributed by atoms with E-state index >= 15 is 0 Å². The van der Waals surface area contributed by atoms with Gasteiger partial charge in [-0.2, -0.15) is 0 Å². The van der Waals surface area contributed by atoms with Crippen LogP contribution in [0.2, 0.25) is 0 Å². The van der Waals surface area contributed by atoms with E-state index in [0.29, 0.717) is 0 Å². The fourth-order valence-electron chi connectivity index (χ4n) is 5.88. The van der Waals surface area contributed by atoms with Crippen molar-refractivity contribution < 1.29 is 0 Å². The summed E-state index contributed by atoms with van der Waals surface area (Å²) >= 11 is 0. The van der Waals surface area contributed by atoms with Gasteiger partial charge in [0.1, 0.15) is 5.82 Å². The first kappa shape index (κ1) is 21.0. The van der Waals surface area contributed by atoms with Gasteiger partial charge in [0.05, 0.1) is 22.2 Å². The van der Waals surface area contributed by atoms with Gasteiger partial charge in [-0.15, -0.1) is 0 Å². The van der Waals surface area contributed by atoms with Gasteiger partial charge in [0, 0.05) is 33.6 Å². The Labute approximate surface area is 219 Å². The number of fused-ring (bicyclic) bond motifs is 7. The number of pyridine rings is 1. The van der Waals surface area contributed by atoms with Gasteiger partial charge in [0.25, 0.3) is 0 Å². The Hall–Kier alpha value is -5.15. The molecular formula is C35H23N3. The highest BCUT2D eigenvalue weighted by Crippen LogP contribution is 2.39. The second-order valence-corrected chi connectivity index (χ2v) is 9.67. The summed E-state index contributed by atoms with van der Waals surface area (Å²) in [6.45, 7) is 0. The molecule has 0 aliphatic carbocycles. The van der Waals surface area contributed by atoms with Gasteiger partial charge in [-0.1, -0.05) is 84.9 Å². The van der Waals surface area contributed by atoms with E-state index in [0.717, 1.165) is 22.6 Å². The Morgan fingerprint density at radius 1 is 0.447 bits per heavy atom. The van der Waals surface area contributed by atoms with E-state index in [2.05, 4.69) is 143 Å². The highest BCUT2D eigenvalue weighted by Gasteiger charge is 2.17. The van der Waals surface area contributed by atoms with Gasteiger partial charge in [0.2, 0.25) is 0 Å². The molecule has 8 aromatic rings. The van der Waals surface area contributed by atoms with Gasteiger partial charge in [-0.25, -0.2) is 4.98 Å². The highest BCUT2D eigenvalue weighted by molar-refractivity contribution is 6.25. The van der Waals surface area contributed by atoms with E-state index in [4.69, 9.17) is 4.98 Å². The smallest absolute Gasteiger partial charge is 0.138 e. The molecule has 0 aliphatic heterocycles. The van der Waals surface area contributed by atoms with Gasteiger partial charge in [0.15, 0.2) is 0 Å². The Bertz CT molecular complexity index is 2120. The molecule has 38 heavy (non-hydrogen) atoms. The number of hydrogen-bond donors (Lipinski definition) is 0. The molecule has 3 aromatic heterocycles. The van der Waals surface area contributed by atoms with Crippen LogP contribution < -0.4 is 0 Å². The molecule has 0 aliphatic rings. The third-order valence-electron chi connectivity index (χ3n) is 7.57. The maximum atomic E-state index is 5.11. The van der Waals surface area contributed by atoms with Crippen LogP contribution in [0.15, 0.2) is 140 Å². The molecule has 5 aromatic carbocycles. The molecule has 0 saturated carbocycles. The maximum absolute atomic E-state index is 5.11. The zero-order valence-electron chi connectivity index (χ0n) is 20.6. The van der Waals surface area contributed by atoms with Crippen molar-refractivity contribution in [3.63, 3.8) is 0 Å². The third kappa shape index (κ3) is 3.06. The normalized spacial score (nSPS) is 11.7. The molecule has 178 valence electrons. The van der Waals surface area contributed by atoms with Crippen LogP contribution in [0.4, 0.5) is 0 Å². The molecule has 0 atom stereocenters. The zero-order valence-corrected chi connectivity index (χ0v) is 20.6. The summed E-state index contributed by atoms with van der Waals surface area (Å²) in [6, 6.07) is 47.1. The van der Waals surface area contributed by atoms with Crippen molar-refractivity contribution >= 4 is 43.5 Å². The van der Waals surface area contributed by atoms with Gasteiger partial charge < -0.3 is 4.57 Å². The second kappa shape index (κ2) is 8.19. The second-order valence-electron chi connectivity index (χ2n) is 9.67. The molecule has 3 nitrogen and oxygen atoms in total. The molecule has 0 fully saturated rings. The van der Waals surface area contributed by atoms with Crippen LogP contribution in [0.1, 0.15) is 0 Å². The van der Waals surface area contributed by atoms with Crippen molar-refractivity contribution in [3.05, 3.63) is 140 Å². The summed E-state index contributed by atoms with van der Waals surface area (Å²) in [4.78, 5) is 5.11. The van der Waals surface area contributed by atoms with Crippen molar-refractivity contribution in [2.75, 3.05) is 0 Å². The summed E-state index contributed by atoms with van der Waals surface area (Å²) in [5, 5.41) is 6.28. The van der Waals surface area contributed by atoms with Crippen molar-refractivity contribution in [2.24, 2.45) is 0 Å². The minimum Gasteiger partial charge on any atom is -0.317 e. The molecule has 0 saturated heterocycles. The van der Waals surface area contributed by atoms with Crippen molar-refractivity contribution in [2.45, 2.75) is 0 Å². The molecular weight excluding hydrogens is 462 g/mol. The zero-order chi connectivity index (χ0) is 25.1. The summed E-state index contributed by atoms with van der Waals surface area (Å²) in [5.74, 6) is 0.924. The van der Waals surface area contributed by atoms with Gasteiger partial charge >= 0.3 is 0 Å². The monoisotopic (exact) mass is 485 g/mol. The maximum Gasteiger partial charge on any atom is 0.138 e. The minimum atomic E-state index is 0.924. The average molecular weight is 486 g/mol. The van der Waals surface area contributed by atoms with E-state index in [9.17, 15) is 0 Å². The van der Waals surface area contributed by atoms with Crippen LogP contribution in [0.25, 0.3) is 66.2 Å². The van der Waals surface area contributed by atoms with Crippen LogP contribution in [0.3, 0.4) is 0 Å². The fraction of sp³-hybridized carbons (Fsp3) is 0. The lowest BCUT2D eigenvalue weighted by Gasteiger charge is -2.10. The first-order valence-electron chi connectivity index (χ1n) is 12.9. The van der Waals surface area contributed by atoms with Crippen LogP contribution in [0.5, 0.6) is 0 Å². The number of nitrogens with zero attached hydrogens (tertiary/aromatic N) is 3. The molecule has 3 heteroatoms. The molecule has 0 spiro atoms. The van der Waals surface area contributed by atoms with Crippen molar-refractivity contribution in [3.8, 4) is 22.8 Å². The first-order chi connectivity index (χ1) is 18.9. The Morgan fingerprint density at radius 2 is 1.18 bits per heavy atom. The minimum absolute atomic E-state index is 0.924. The van der Waals surface area contributed by atoms with Crippen LogP contribution >= 0.6 is 0 Å². The average Bonchev–Trinajstić information content (AvgIpc) is 3.58. The molecule has 0 bridgehead atoms. The highest BCUT2D eigenvalue weighted by atomic mass is 15.1. The van der Waals surface area contributed by atoms with E-state index in [1.165, 1.54) is 43.7 Å². The lowest BCUT2D eigenvalue weighted by Crippen LogP contribution is -1.98. The van der Waals surface area contributed by atoms with Crippen molar-refractivity contribution in [1.82, 2.24) is 14.1 Å². The summed E-state index contributed by atoms with van der Waals surface area (Å²) in [5.41, 5.74) is 6.80. The molecule has 3 heterocycles. The van der Waals surface area contributed by atoms with E-state index in [-0.39, 0.29) is 0 Å². The lowest BCUT2D eigenvalue weighted by molar-refractivity contribution is 1.08. The molecule has 0 radical (unpaired) electrons. The number of hydrogen-bond acceptors (Lipinski definition) is 1. The largest absolute Gasteiger partial charge is 0.317 e. The van der Waals surface area contributed by atoms with Crippen LogP contribution in [-0.2, 0) is 0 Å². The quantitative estimate of drug-likeness (QED) is 0.245. The Morgan fingerprint density at radius 3 is 2.05 bits per heavy atom. The first-order valence-corrected chi connectivity index (χ1v) is 12.9. The van der Waals surface area contributed by atoms with E-state index < -0.39 is 0 Å². The molecule has 0 amide bonds. The Balaban J connectivity index is 1.41. The number of para-hydroxylation sites is 2. The number of benzene rings is 5. The molecule has 0 unspecified atom stereocenters. The predicted molar refractivity (Wildman–Crippen MR) is 158 cm³/mol. The van der Waals surface area contributed by atoms with Crippen LogP contribution in [0, 0.1) is 0 Å². The standard InChI is InChI=1S/C35H23N3/c1-3-10-24(11-4-1)30-15-9-17-34(36-30)38-32-16-8-7-14-29(32)35-28-19-20-31-27(26(28)18-21-33(35)38)22-23-37(31)25-12-5-2-6-13-25/h1-23H. The van der Waals surface area contributed by atoms with E-state index in [1.807, 2.05) is 6.07 Å². The number of rotatable bonds is 3. The topological polar surface area (TPSA) is 22.8 Å². The molecule has 8 rings (SSSR count). The van der Waals surface area contributed by atoms with Crippen LogP contribution in [-0.4, -0.2) is 14.1 Å². The van der Waals surface area contributed by atoms with E-state index in [1.54, 1.807) is 0 Å². The van der Waals surface area contributed by atoms with Gasteiger partial charge in [-0.3, -0.25) is 4.57 Å². The summed E-state index contributed by atoms with van der Waals surface area (Å²) < 4.78 is 4.57. The molecule has 0 N–H and O–H groups in total. The SMILES string of the molecule is c1ccc(-c2cccc(-n3c4ccccc4c4c5ccc6c(ccn6-c6ccccc6)c5ccc43)n2)cc1. The fourth-order valence-corrected chi connectivity index (χ4v) is 5.88. The Kier molecular flexibility index (Phi) is 4.52. The third-order valence-corrected chi connectivity index (χ3v) is 7.57. The number of aromatic nitrogens is 3. The predicted octanol–water partition coefficient (Wildman–Crippen LogP) is 8.94. The lowest BCUT2D eigenvalue weighted by atomic mass is 10.0. The van der Waals surface area contributed by atoms with Gasteiger partial charge in [-0.05, 0) is 59.3 Å².